The van der Waals surface area contributed by atoms with E-state index < -0.39 is 0 Å². The van der Waals surface area contributed by atoms with Crippen molar-refractivity contribution in [2.24, 2.45) is 0 Å². The molecule has 1 heterocycles. The van der Waals surface area contributed by atoms with Crippen LogP contribution in [0, 0.1) is 0 Å². The normalized spacial score (nSPS) is 22.9. The molecule has 0 radical (unpaired) electrons. The van der Waals surface area contributed by atoms with Gasteiger partial charge < -0.3 is 10.2 Å². The average molecular weight is 268 g/mol. The average Bonchev–Trinajstić information content (AvgIpc) is 2.24. The van der Waals surface area contributed by atoms with Crippen LogP contribution < -0.4 is 5.32 Å². The van der Waals surface area contributed by atoms with Crippen molar-refractivity contribution in [1.29, 1.82) is 0 Å². The second-order valence-corrected chi connectivity index (χ2v) is 7.85. The molecule has 0 amide bonds. The van der Waals surface area contributed by atoms with Crippen LogP contribution in [0.25, 0.3) is 0 Å². The Morgan fingerprint density at radius 1 is 0.947 bits per heavy atom. The molecule has 0 unspecified atom stereocenters. The van der Waals surface area contributed by atoms with Crippen molar-refractivity contribution in [3.05, 3.63) is 0 Å². The van der Waals surface area contributed by atoms with Gasteiger partial charge in [-0.15, -0.1) is 0 Å². The zero-order valence-electron chi connectivity index (χ0n) is 14.2. The van der Waals surface area contributed by atoms with E-state index >= 15 is 0 Å². The minimum absolute atomic E-state index is 0.267. The number of piperidine rings is 1. The topological polar surface area (TPSA) is 15.3 Å². The van der Waals surface area contributed by atoms with E-state index in [1.54, 1.807) is 0 Å². The molecule has 2 heteroatoms. The number of nitrogens with one attached hydrogen (secondary N) is 1. The molecule has 114 valence electrons. The molecule has 0 aromatic carbocycles. The van der Waals surface area contributed by atoms with Crippen LogP contribution >= 0.6 is 0 Å². The van der Waals surface area contributed by atoms with Crippen LogP contribution in [0.3, 0.4) is 0 Å². The highest BCUT2D eigenvalue weighted by molar-refractivity contribution is 4.99. The predicted octanol–water partition coefficient (Wildman–Crippen LogP) is 4.20. The molecule has 1 N–H and O–H groups in total. The Morgan fingerprint density at radius 2 is 1.47 bits per heavy atom. The van der Waals surface area contributed by atoms with Crippen molar-refractivity contribution in [3.63, 3.8) is 0 Å². The van der Waals surface area contributed by atoms with Crippen molar-refractivity contribution in [3.8, 4) is 0 Å². The summed E-state index contributed by atoms with van der Waals surface area (Å²) in [6.07, 6.45) is 9.44. The first-order valence-electron chi connectivity index (χ1n) is 8.25. The summed E-state index contributed by atoms with van der Waals surface area (Å²) in [5, 5.41) is 3.77. The van der Waals surface area contributed by atoms with E-state index in [0.717, 1.165) is 6.04 Å². The molecule has 2 nitrogen and oxygen atoms in total. The summed E-state index contributed by atoms with van der Waals surface area (Å²) < 4.78 is 0. The van der Waals surface area contributed by atoms with Crippen LogP contribution in [0.4, 0.5) is 0 Å². The van der Waals surface area contributed by atoms with Crippen molar-refractivity contribution >= 4 is 0 Å². The molecule has 0 aromatic heterocycles. The zero-order chi connectivity index (χ0) is 14.5. The van der Waals surface area contributed by atoms with Gasteiger partial charge in [0, 0.05) is 17.1 Å². The Hall–Kier alpha value is -0.0800. The number of hydrogen-bond donors (Lipinski definition) is 1. The number of nitrogens with zero attached hydrogens (tertiary/aromatic N) is 1. The fourth-order valence-corrected chi connectivity index (χ4v) is 3.73. The van der Waals surface area contributed by atoms with E-state index in [1.807, 2.05) is 0 Å². The van der Waals surface area contributed by atoms with Gasteiger partial charge in [0.1, 0.15) is 0 Å². The third-order valence-electron chi connectivity index (χ3n) is 4.41. The molecule has 0 aliphatic carbocycles. The highest BCUT2D eigenvalue weighted by Gasteiger charge is 2.38. The van der Waals surface area contributed by atoms with Crippen molar-refractivity contribution in [1.82, 2.24) is 10.2 Å². The molecule has 19 heavy (non-hydrogen) atoms. The fourth-order valence-electron chi connectivity index (χ4n) is 3.73. The van der Waals surface area contributed by atoms with Crippen molar-refractivity contribution < 1.29 is 0 Å². The lowest BCUT2D eigenvalue weighted by molar-refractivity contribution is 0.0806. The number of rotatable bonds is 7. The van der Waals surface area contributed by atoms with Crippen LogP contribution in [0.15, 0.2) is 0 Å². The van der Waals surface area contributed by atoms with Crippen LogP contribution in [0.1, 0.15) is 79.6 Å². The van der Waals surface area contributed by atoms with Gasteiger partial charge >= 0.3 is 0 Å². The Balaban J connectivity index is 2.36. The Labute approximate surface area is 121 Å². The van der Waals surface area contributed by atoms with E-state index in [4.69, 9.17) is 0 Å². The molecular formula is C17H36N2. The first-order chi connectivity index (χ1) is 8.76. The van der Waals surface area contributed by atoms with E-state index in [1.165, 1.54) is 51.5 Å². The highest BCUT2D eigenvalue weighted by atomic mass is 15.2. The Bertz CT molecular complexity index is 242. The molecule has 1 fully saturated rings. The van der Waals surface area contributed by atoms with Gasteiger partial charge in [0.2, 0.25) is 0 Å². The second-order valence-electron chi connectivity index (χ2n) is 7.85. The first kappa shape index (κ1) is 17.0. The summed E-state index contributed by atoms with van der Waals surface area (Å²) in [5.74, 6) is 0. The maximum absolute atomic E-state index is 3.77. The standard InChI is InChI=1S/C17H36N2/c1-7-8-9-10-11-12-19(6)15-13-16(2,3)18-17(4,5)14-15/h15,18H,7-14H2,1-6H3. The molecule has 0 bridgehead atoms. The van der Waals surface area contributed by atoms with Gasteiger partial charge in [0.25, 0.3) is 0 Å². The third-order valence-corrected chi connectivity index (χ3v) is 4.41. The van der Waals surface area contributed by atoms with Crippen LogP contribution in [0.5, 0.6) is 0 Å². The predicted molar refractivity (Wildman–Crippen MR) is 85.7 cm³/mol. The van der Waals surface area contributed by atoms with Gasteiger partial charge in [-0.2, -0.15) is 0 Å². The minimum atomic E-state index is 0.267. The maximum Gasteiger partial charge on any atom is 0.0145 e. The Morgan fingerprint density at radius 3 is 2.00 bits per heavy atom. The molecule has 0 saturated carbocycles. The SMILES string of the molecule is CCCCCCCN(C)C1CC(C)(C)NC(C)(C)C1. The lowest BCUT2D eigenvalue weighted by Crippen LogP contribution is -2.61. The van der Waals surface area contributed by atoms with E-state index in [-0.39, 0.29) is 11.1 Å². The molecule has 1 aliphatic heterocycles. The van der Waals surface area contributed by atoms with Gasteiger partial charge in [-0.1, -0.05) is 32.6 Å². The van der Waals surface area contributed by atoms with Gasteiger partial charge in [-0.25, -0.2) is 0 Å². The second kappa shape index (κ2) is 7.08. The molecule has 1 rings (SSSR count). The summed E-state index contributed by atoms with van der Waals surface area (Å²) in [6.45, 7) is 12.9. The largest absolute Gasteiger partial charge is 0.307 e. The number of hydrogen-bond acceptors (Lipinski definition) is 2. The van der Waals surface area contributed by atoms with Gasteiger partial charge in [-0.05, 0) is 60.5 Å². The highest BCUT2D eigenvalue weighted by Crippen LogP contribution is 2.31. The lowest BCUT2D eigenvalue weighted by Gasteiger charge is -2.49. The Kier molecular flexibility index (Phi) is 6.32. The monoisotopic (exact) mass is 268 g/mol. The summed E-state index contributed by atoms with van der Waals surface area (Å²) in [5.41, 5.74) is 0.534. The van der Waals surface area contributed by atoms with E-state index in [0.29, 0.717) is 0 Å². The third kappa shape index (κ3) is 6.27. The number of unbranched alkanes of at least 4 members (excludes halogenated alkanes) is 4. The summed E-state index contributed by atoms with van der Waals surface area (Å²) in [7, 11) is 2.32. The molecule has 0 atom stereocenters. The van der Waals surface area contributed by atoms with Crippen LogP contribution in [-0.4, -0.2) is 35.6 Å². The van der Waals surface area contributed by atoms with Gasteiger partial charge in [0.15, 0.2) is 0 Å². The van der Waals surface area contributed by atoms with Crippen molar-refractivity contribution in [2.45, 2.75) is 96.7 Å². The smallest absolute Gasteiger partial charge is 0.0145 e. The minimum Gasteiger partial charge on any atom is -0.307 e. The summed E-state index contributed by atoms with van der Waals surface area (Å²) >= 11 is 0. The van der Waals surface area contributed by atoms with E-state index in [2.05, 4.69) is 51.9 Å². The summed E-state index contributed by atoms with van der Waals surface area (Å²) in [6, 6.07) is 0.734. The molecular weight excluding hydrogens is 232 g/mol. The molecule has 0 aromatic rings. The fraction of sp³-hybridized carbons (Fsp3) is 1.00. The molecule has 1 aliphatic rings. The van der Waals surface area contributed by atoms with Crippen LogP contribution in [-0.2, 0) is 0 Å². The molecule has 1 saturated heterocycles. The lowest BCUT2D eigenvalue weighted by atomic mass is 9.79. The molecule has 0 spiro atoms. The maximum atomic E-state index is 3.77. The van der Waals surface area contributed by atoms with Gasteiger partial charge in [0.05, 0.1) is 0 Å². The van der Waals surface area contributed by atoms with E-state index in [9.17, 15) is 0 Å². The summed E-state index contributed by atoms with van der Waals surface area (Å²) in [4.78, 5) is 2.61. The van der Waals surface area contributed by atoms with Crippen molar-refractivity contribution in [2.75, 3.05) is 13.6 Å². The first-order valence-corrected chi connectivity index (χ1v) is 8.25. The van der Waals surface area contributed by atoms with Crippen LogP contribution in [0.2, 0.25) is 0 Å². The van der Waals surface area contributed by atoms with Gasteiger partial charge in [-0.3, -0.25) is 0 Å². The quantitative estimate of drug-likeness (QED) is 0.696. The zero-order valence-corrected chi connectivity index (χ0v) is 14.2.